The molecule has 0 bridgehead atoms. The zero-order valence-electron chi connectivity index (χ0n) is 12.4. The third-order valence-corrected chi connectivity index (χ3v) is 4.40. The molecular formula is C15H19F2N3O2. The van der Waals surface area contributed by atoms with Crippen LogP contribution < -0.4 is 0 Å². The molecule has 5 nitrogen and oxygen atoms in total. The van der Waals surface area contributed by atoms with E-state index in [1.807, 2.05) is 6.92 Å². The molecule has 2 aliphatic rings. The van der Waals surface area contributed by atoms with Crippen molar-refractivity contribution in [2.24, 2.45) is 0 Å². The van der Waals surface area contributed by atoms with Crippen LogP contribution in [0.4, 0.5) is 8.78 Å². The van der Waals surface area contributed by atoms with Gasteiger partial charge in [-0.1, -0.05) is 0 Å². The van der Waals surface area contributed by atoms with Crippen LogP contribution in [0.1, 0.15) is 22.5 Å². The van der Waals surface area contributed by atoms with Crippen molar-refractivity contribution in [1.82, 2.24) is 14.8 Å². The Bertz CT molecular complexity index is 558. The fraction of sp³-hybridized carbons (Fsp3) is 0.600. The predicted molar refractivity (Wildman–Crippen MR) is 75.8 cm³/mol. The number of aromatic nitrogens is 1. The van der Waals surface area contributed by atoms with E-state index in [9.17, 15) is 18.7 Å². The Morgan fingerprint density at radius 1 is 1.45 bits per heavy atom. The number of likely N-dealkylation sites (tertiary alicyclic amines) is 2. The summed E-state index contributed by atoms with van der Waals surface area (Å²) in [5.41, 5.74) is 1.35. The average molecular weight is 311 g/mol. The summed E-state index contributed by atoms with van der Waals surface area (Å²) in [6.45, 7) is 2.06. The fourth-order valence-corrected chi connectivity index (χ4v) is 3.13. The predicted octanol–water partition coefficient (Wildman–Crippen LogP) is 0.916. The molecule has 2 saturated heterocycles. The smallest absolute Gasteiger partial charge is 0.262 e. The van der Waals surface area contributed by atoms with Crippen molar-refractivity contribution < 1.29 is 18.7 Å². The minimum Gasteiger partial charge on any atom is -0.395 e. The van der Waals surface area contributed by atoms with E-state index in [4.69, 9.17) is 0 Å². The van der Waals surface area contributed by atoms with Crippen LogP contribution in [0.15, 0.2) is 18.3 Å². The molecule has 1 aromatic heterocycles. The second kappa shape index (κ2) is 5.55. The Morgan fingerprint density at radius 2 is 2.18 bits per heavy atom. The van der Waals surface area contributed by atoms with Crippen molar-refractivity contribution in [1.29, 1.82) is 0 Å². The SMILES string of the molecule is Cc1ccc(C(=O)N2CC(N3CC(F)(F)C[C@H]3CO)C2)cn1. The van der Waals surface area contributed by atoms with E-state index in [0.29, 0.717) is 18.7 Å². The number of nitrogens with zero attached hydrogens (tertiary/aromatic N) is 3. The van der Waals surface area contributed by atoms with E-state index in [2.05, 4.69) is 4.98 Å². The highest BCUT2D eigenvalue weighted by molar-refractivity contribution is 5.94. The molecule has 0 radical (unpaired) electrons. The number of carbonyl (C=O) groups excluding carboxylic acids is 1. The van der Waals surface area contributed by atoms with E-state index >= 15 is 0 Å². The molecule has 3 heterocycles. The van der Waals surface area contributed by atoms with Crippen molar-refractivity contribution in [3.8, 4) is 0 Å². The fourth-order valence-electron chi connectivity index (χ4n) is 3.13. The van der Waals surface area contributed by atoms with Gasteiger partial charge in [-0.3, -0.25) is 14.7 Å². The molecular weight excluding hydrogens is 292 g/mol. The van der Waals surface area contributed by atoms with E-state index in [0.717, 1.165) is 5.69 Å². The van der Waals surface area contributed by atoms with Crippen LogP contribution in [-0.4, -0.2) is 70.0 Å². The molecule has 120 valence electrons. The average Bonchev–Trinajstić information content (AvgIpc) is 2.73. The first kappa shape index (κ1) is 15.3. The van der Waals surface area contributed by atoms with Gasteiger partial charge >= 0.3 is 0 Å². The molecule has 3 rings (SSSR count). The zero-order chi connectivity index (χ0) is 15.9. The van der Waals surface area contributed by atoms with Gasteiger partial charge < -0.3 is 10.0 Å². The van der Waals surface area contributed by atoms with Crippen molar-refractivity contribution in [2.45, 2.75) is 31.4 Å². The Kier molecular flexibility index (Phi) is 3.86. The van der Waals surface area contributed by atoms with Gasteiger partial charge in [-0.15, -0.1) is 0 Å². The van der Waals surface area contributed by atoms with Crippen LogP contribution in [0.5, 0.6) is 0 Å². The highest BCUT2D eigenvalue weighted by atomic mass is 19.3. The molecule has 1 aromatic rings. The molecule has 0 aromatic carbocycles. The van der Waals surface area contributed by atoms with Crippen LogP contribution in [0.25, 0.3) is 0 Å². The maximum Gasteiger partial charge on any atom is 0.262 e. The van der Waals surface area contributed by atoms with Crippen LogP contribution in [0.2, 0.25) is 0 Å². The summed E-state index contributed by atoms with van der Waals surface area (Å²) in [5, 5.41) is 9.25. The number of amides is 1. The van der Waals surface area contributed by atoms with Gasteiger partial charge in [0.15, 0.2) is 0 Å². The number of carbonyl (C=O) groups is 1. The van der Waals surface area contributed by atoms with Gasteiger partial charge in [-0.25, -0.2) is 8.78 Å². The van der Waals surface area contributed by atoms with Crippen molar-refractivity contribution in [3.63, 3.8) is 0 Å². The molecule has 0 spiro atoms. The summed E-state index contributed by atoms with van der Waals surface area (Å²) in [6.07, 6.45) is 1.22. The second-order valence-electron chi connectivity index (χ2n) is 6.12. The zero-order valence-corrected chi connectivity index (χ0v) is 12.4. The van der Waals surface area contributed by atoms with Crippen molar-refractivity contribution in [2.75, 3.05) is 26.2 Å². The van der Waals surface area contributed by atoms with Crippen LogP contribution in [0.3, 0.4) is 0 Å². The van der Waals surface area contributed by atoms with E-state index in [1.165, 1.54) is 6.20 Å². The first-order valence-electron chi connectivity index (χ1n) is 7.36. The van der Waals surface area contributed by atoms with Gasteiger partial charge in [-0.05, 0) is 19.1 Å². The molecule has 1 amide bonds. The summed E-state index contributed by atoms with van der Waals surface area (Å²) in [5.74, 6) is -2.88. The van der Waals surface area contributed by atoms with Crippen molar-refractivity contribution >= 4 is 5.91 Å². The van der Waals surface area contributed by atoms with Gasteiger partial charge in [0.2, 0.25) is 0 Å². The quantitative estimate of drug-likeness (QED) is 0.902. The maximum absolute atomic E-state index is 13.5. The third kappa shape index (κ3) is 2.83. The number of alkyl halides is 2. The first-order valence-corrected chi connectivity index (χ1v) is 7.36. The highest BCUT2D eigenvalue weighted by Gasteiger charge is 2.49. The molecule has 1 N–H and O–H groups in total. The second-order valence-corrected chi connectivity index (χ2v) is 6.12. The van der Waals surface area contributed by atoms with Gasteiger partial charge in [0.1, 0.15) is 0 Å². The van der Waals surface area contributed by atoms with E-state index in [1.54, 1.807) is 21.9 Å². The first-order chi connectivity index (χ1) is 10.4. The van der Waals surface area contributed by atoms with Gasteiger partial charge in [0.25, 0.3) is 11.8 Å². The largest absolute Gasteiger partial charge is 0.395 e. The number of pyridine rings is 1. The summed E-state index contributed by atoms with van der Waals surface area (Å²) >= 11 is 0. The Balaban J connectivity index is 1.60. The lowest BCUT2D eigenvalue weighted by molar-refractivity contribution is -0.0125. The van der Waals surface area contributed by atoms with Crippen LogP contribution in [0, 0.1) is 6.92 Å². The number of aliphatic hydroxyl groups excluding tert-OH is 1. The lowest BCUT2D eigenvalue weighted by Crippen LogP contribution is -2.62. The number of rotatable bonds is 3. The number of aryl methyl sites for hydroxylation is 1. The van der Waals surface area contributed by atoms with Gasteiger partial charge in [0.05, 0.1) is 18.7 Å². The molecule has 2 aliphatic heterocycles. The van der Waals surface area contributed by atoms with Crippen LogP contribution >= 0.6 is 0 Å². The number of hydrogen-bond acceptors (Lipinski definition) is 4. The highest BCUT2D eigenvalue weighted by Crippen LogP contribution is 2.35. The lowest BCUT2D eigenvalue weighted by atomic mass is 10.0. The molecule has 7 heteroatoms. The Morgan fingerprint density at radius 3 is 2.77 bits per heavy atom. The van der Waals surface area contributed by atoms with Gasteiger partial charge in [0, 0.05) is 43.5 Å². The number of aliphatic hydroxyl groups is 1. The molecule has 0 unspecified atom stereocenters. The Labute approximate surface area is 127 Å². The van der Waals surface area contributed by atoms with Crippen LogP contribution in [-0.2, 0) is 0 Å². The minimum absolute atomic E-state index is 0.104. The maximum atomic E-state index is 13.5. The molecule has 0 aliphatic carbocycles. The standard InChI is InChI=1S/C15H19F2N3O2/c1-10-2-3-11(5-18-10)14(22)19-6-13(7-19)20-9-15(16,17)4-12(20)8-21/h2-3,5,12-13,21H,4,6-9H2,1H3/t12-/m0/s1. The third-order valence-electron chi connectivity index (χ3n) is 4.40. The van der Waals surface area contributed by atoms with Gasteiger partial charge in [-0.2, -0.15) is 0 Å². The summed E-state index contributed by atoms with van der Waals surface area (Å²) in [6, 6.07) is 2.87. The monoisotopic (exact) mass is 311 g/mol. The summed E-state index contributed by atoms with van der Waals surface area (Å²) in [7, 11) is 0. The molecule has 1 atom stereocenters. The summed E-state index contributed by atoms with van der Waals surface area (Å²) < 4.78 is 26.9. The summed E-state index contributed by atoms with van der Waals surface area (Å²) in [4.78, 5) is 19.6. The van der Waals surface area contributed by atoms with Crippen molar-refractivity contribution in [3.05, 3.63) is 29.6 Å². The van der Waals surface area contributed by atoms with E-state index in [-0.39, 0.29) is 31.5 Å². The molecule has 22 heavy (non-hydrogen) atoms. The topological polar surface area (TPSA) is 56.7 Å². The minimum atomic E-state index is -2.75. The number of halogens is 2. The Hall–Kier alpha value is -1.60. The van der Waals surface area contributed by atoms with E-state index < -0.39 is 12.0 Å². The molecule has 2 fully saturated rings. The normalized spacial score (nSPS) is 25.3. The molecule has 0 saturated carbocycles. The lowest BCUT2D eigenvalue weighted by Gasteiger charge is -2.45. The number of hydrogen-bond donors (Lipinski definition) is 1.